The minimum Gasteiger partial charge on any atom is -0.480 e. The van der Waals surface area contributed by atoms with Crippen molar-refractivity contribution in [2.75, 3.05) is 0 Å². The Morgan fingerprint density at radius 3 is 1.27 bits per heavy atom. The van der Waals surface area contributed by atoms with Gasteiger partial charge in [0, 0.05) is 22.1 Å². The molecule has 0 spiro atoms. The van der Waals surface area contributed by atoms with Crippen molar-refractivity contribution in [2.45, 2.75) is 13.0 Å². The van der Waals surface area contributed by atoms with Crippen LogP contribution in [0.3, 0.4) is 0 Å². The fourth-order valence-electron chi connectivity index (χ4n) is 2.94. The van der Waals surface area contributed by atoms with Gasteiger partial charge in [-0.1, -0.05) is 0 Å². The van der Waals surface area contributed by atoms with Crippen LogP contribution in [0, 0.1) is 0 Å². The first kappa shape index (κ1) is 19.4. The number of carbonyl (C=O) groups is 1. The molecule has 0 fully saturated rings. The molecule has 1 atom stereocenters. The van der Waals surface area contributed by atoms with Crippen LogP contribution in [-0.4, -0.2) is 37.1 Å². The molecule has 7 heteroatoms. The van der Waals surface area contributed by atoms with Gasteiger partial charge in [0.2, 0.25) is 0 Å². The normalized spacial score (nSPS) is 12.9. The van der Waals surface area contributed by atoms with E-state index in [2.05, 4.69) is 44.2 Å². The van der Waals surface area contributed by atoms with E-state index in [0.717, 1.165) is 44.8 Å². The van der Waals surface area contributed by atoms with Crippen molar-refractivity contribution in [3.8, 4) is 0 Å². The molecule has 2 aliphatic heterocycles. The summed E-state index contributed by atoms with van der Waals surface area (Å²) in [5, 5.41) is 7.87. The van der Waals surface area contributed by atoms with E-state index < -0.39 is 12.0 Å². The maximum atomic E-state index is 9.57. The molecule has 5 heterocycles. The molecule has 7 nitrogen and oxygen atoms in total. The van der Waals surface area contributed by atoms with E-state index in [1.54, 1.807) is 0 Å². The average molecular weight is 399 g/mol. The standard InChI is InChI=1S/C20H14N4.C3H7NO2/c1-2-14-10-16-5-6-18(23-16)12-20-8-7-19(24-20)11-17-4-3-15(22-17)9-13(1)21-14;1-2(4)3(5)6/h1-12,21,24H;2H,4H2,1H3,(H,5,6). The number of nitrogens with zero attached hydrogens (tertiary/aromatic N) is 2. The second-order valence-electron chi connectivity index (χ2n) is 7.03. The SMILES string of the molecule is C1=Cc2cc3ccc(cc4nc(cc5ccc(cc1n2)[nH]5)C=C4)[nH]3.CC(N)C(=O)O. The third-order valence-corrected chi connectivity index (χ3v) is 4.43. The quantitative estimate of drug-likeness (QED) is 0.338. The van der Waals surface area contributed by atoms with Crippen LogP contribution in [-0.2, 0) is 4.79 Å². The van der Waals surface area contributed by atoms with E-state index in [4.69, 9.17) is 10.8 Å². The minimum absolute atomic E-state index is 0.731. The summed E-state index contributed by atoms with van der Waals surface area (Å²) in [7, 11) is 0. The maximum absolute atomic E-state index is 9.57. The highest BCUT2D eigenvalue weighted by Gasteiger charge is 2.01. The van der Waals surface area contributed by atoms with Crippen LogP contribution in [0.4, 0.5) is 0 Å². The third kappa shape index (κ3) is 4.71. The van der Waals surface area contributed by atoms with Crippen LogP contribution in [0.25, 0.3) is 46.4 Å². The summed E-state index contributed by atoms with van der Waals surface area (Å²) in [6.07, 6.45) is 8.09. The third-order valence-electron chi connectivity index (χ3n) is 4.43. The molecule has 2 aliphatic rings. The first-order valence-corrected chi connectivity index (χ1v) is 9.47. The van der Waals surface area contributed by atoms with Crippen LogP contribution >= 0.6 is 0 Å². The molecule has 30 heavy (non-hydrogen) atoms. The van der Waals surface area contributed by atoms with Crippen LogP contribution in [0.2, 0.25) is 0 Å². The smallest absolute Gasteiger partial charge is 0.320 e. The zero-order valence-electron chi connectivity index (χ0n) is 16.3. The minimum atomic E-state index is -0.963. The Hall–Kier alpha value is -3.97. The number of carboxylic acids is 1. The van der Waals surface area contributed by atoms with E-state index >= 15 is 0 Å². The predicted molar refractivity (Wildman–Crippen MR) is 120 cm³/mol. The highest BCUT2D eigenvalue weighted by atomic mass is 16.4. The van der Waals surface area contributed by atoms with Gasteiger partial charge in [-0.3, -0.25) is 4.79 Å². The molecular weight excluding hydrogens is 378 g/mol. The van der Waals surface area contributed by atoms with Crippen LogP contribution < -0.4 is 5.73 Å². The Morgan fingerprint density at radius 1 is 0.767 bits per heavy atom. The zero-order chi connectivity index (χ0) is 21.1. The summed E-state index contributed by atoms with van der Waals surface area (Å²) in [5.74, 6) is -0.963. The lowest BCUT2D eigenvalue weighted by Gasteiger charge is -1.90. The second kappa shape index (κ2) is 8.18. The molecule has 0 aliphatic carbocycles. The molecule has 1 unspecified atom stereocenters. The number of hydrogen-bond acceptors (Lipinski definition) is 4. The fraction of sp³-hybridized carbons (Fsp3) is 0.0870. The number of aromatic amines is 2. The Balaban J connectivity index is 0.000000322. The van der Waals surface area contributed by atoms with E-state index in [1.807, 2.05) is 48.6 Å². The van der Waals surface area contributed by atoms with E-state index in [1.165, 1.54) is 6.92 Å². The summed E-state index contributed by atoms with van der Waals surface area (Å²) in [5.41, 5.74) is 12.7. The monoisotopic (exact) mass is 399 g/mol. The summed E-state index contributed by atoms with van der Waals surface area (Å²) >= 11 is 0. The Morgan fingerprint density at radius 2 is 1.03 bits per heavy atom. The molecule has 0 saturated carbocycles. The zero-order valence-corrected chi connectivity index (χ0v) is 16.3. The Bertz CT molecular complexity index is 1140. The van der Waals surface area contributed by atoms with Crippen molar-refractivity contribution in [1.82, 2.24) is 19.9 Å². The van der Waals surface area contributed by atoms with Crippen LogP contribution in [0.15, 0.2) is 48.5 Å². The molecule has 8 bridgehead atoms. The van der Waals surface area contributed by atoms with Gasteiger partial charge in [0.25, 0.3) is 0 Å². The largest absolute Gasteiger partial charge is 0.480 e. The van der Waals surface area contributed by atoms with Crippen molar-refractivity contribution in [3.05, 3.63) is 71.3 Å². The summed E-state index contributed by atoms with van der Waals surface area (Å²) in [4.78, 5) is 25.6. The Kier molecular flexibility index (Phi) is 5.28. The topological polar surface area (TPSA) is 121 Å². The van der Waals surface area contributed by atoms with Gasteiger partial charge in [-0.05, 0) is 79.8 Å². The number of carboxylic acid groups (broad SMARTS) is 1. The molecule has 0 aromatic carbocycles. The van der Waals surface area contributed by atoms with E-state index in [9.17, 15) is 4.79 Å². The van der Waals surface area contributed by atoms with Gasteiger partial charge in [0.1, 0.15) is 6.04 Å². The van der Waals surface area contributed by atoms with Crippen molar-refractivity contribution >= 4 is 52.3 Å². The fourth-order valence-corrected chi connectivity index (χ4v) is 2.94. The molecule has 150 valence electrons. The number of fused-ring (bicyclic) bond motifs is 8. The first-order chi connectivity index (χ1) is 14.4. The van der Waals surface area contributed by atoms with Gasteiger partial charge >= 0.3 is 5.97 Å². The van der Waals surface area contributed by atoms with Crippen LogP contribution in [0.5, 0.6) is 0 Å². The molecule has 0 saturated heterocycles. The molecule has 5 rings (SSSR count). The van der Waals surface area contributed by atoms with Gasteiger partial charge in [0.05, 0.1) is 22.8 Å². The van der Waals surface area contributed by atoms with Crippen molar-refractivity contribution < 1.29 is 9.90 Å². The number of aromatic nitrogens is 4. The lowest BCUT2D eigenvalue weighted by atomic mass is 10.3. The number of H-pyrrole nitrogens is 2. The van der Waals surface area contributed by atoms with Gasteiger partial charge in [-0.2, -0.15) is 0 Å². The van der Waals surface area contributed by atoms with Crippen molar-refractivity contribution in [3.63, 3.8) is 0 Å². The summed E-state index contributed by atoms with van der Waals surface area (Å²) in [6, 6.07) is 15.6. The molecule has 3 aromatic heterocycles. The highest BCUT2D eigenvalue weighted by molar-refractivity contribution is 5.77. The van der Waals surface area contributed by atoms with E-state index in [0.29, 0.717) is 0 Å². The van der Waals surface area contributed by atoms with Gasteiger partial charge in [-0.15, -0.1) is 0 Å². The molecule has 3 aromatic rings. The van der Waals surface area contributed by atoms with Gasteiger partial charge < -0.3 is 20.8 Å². The van der Waals surface area contributed by atoms with Crippen LogP contribution in [0.1, 0.15) is 29.7 Å². The number of aliphatic carboxylic acids is 1. The lowest BCUT2D eigenvalue weighted by Crippen LogP contribution is -2.25. The lowest BCUT2D eigenvalue weighted by molar-refractivity contribution is -0.138. The maximum Gasteiger partial charge on any atom is 0.320 e. The summed E-state index contributed by atoms with van der Waals surface area (Å²) < 4.78 is 0. The van der Waals surface area contributed by atoms with E-state index in [-0.39, 0.29) is 0 Å². The summed E-state index contributed by atoms with van der Waals surface area (Å²) in [6.45, 7) is 1.42. The second-order valence-corrected chi connectivity index (χ2v) is 7.03. The first-order valence-electron chi connectivity index (χ1n) is 9.47. The van der Waals surface area contributed by atoms with Gasteiger partial charge in [-0.25, -0.2) is 9.97 Å². The number of rotatable bonds is 1. The molecule has 0 radical (unpaired) electrons. The molecule has 0 amide bonds. The molecular formula is C23H21N5O2. The van der Waals surface area contributed by atoms with Crippen molar-refractivity contribution in [1.29, 1.82) is 0 Å². The highest BCUT2D eigenvalue weighted by Crippen LogP contribution is 2.16. The van der Waals surface area contributed by atoms with Gasteiger partial charge in [0.15, 0.2) is 0 Å². The number of nitrogens with one attached hydrogen (secondary N) is 2. The Labute approximate surface area is 172 Å². The average Bonchev–Trinajstić information content (AvgIpc) is 3.47. The number of nitrogens with two attached hydrogens (primary N) is 1. The van der Waals surface area contributed by atoms with Crippen molar-refractivity contribution in [2.24, 2.45) is 5.73 Å². The predicted octanol–water partition coefficient (Wildman–Crippen LogP) is 4.07. The molecule has 5 N–H and O–H groups in total. The number of hydrogen-bond donors (Lipinski definition) is 4.